The van der Waals surface area contributed by atoms with E-state index >= 15 is 0 Å². The summed E-state index contributed by atoms with van der Waals surface area (Å²) in [7, 11) is 0. The summed E-state index contributed by atoms with van der Waals surface area (Å²) in [6, 6.07) is 16.6. The van der Waals surface area contributed by atoms with Crippen molar-refractivity contribution in [2.24, 2.45) is 5.92 Å². The topological polar surface area (TPSA) is 15.3 Å². The SMILES string of the molecule is CC(NC1CN2CCC1CC2)c1ccc2ccccc2c1. The van der Waals surface area contributed by atoms with Crippen LogP contribution in [0.15, 0.2) is 42.5 Å². The van der Waals surface area contributed by atoms with E-state index in [9.17, 15) is 0 Å². The van der Waals surface area contributed by atoms with Crippen LogP contribution in [0.1, 0.15) is 31.4 Å². The molecule has 2 aromatic carbocycles. The standard InChI is InChI=1S/C19H24N2/c1-14(20-19-13-21-10-8-16(19)9-11-21)17-7-6-15-4-2-3-5-18(15)12-17/h2-7,12,14,16,19-20H,8-11,13H2,1H3. The van der Waals surface area contributed by atoms with Crippen LogP contribution in [0.25, 0.3) is 10.8 Å². The van der Waals surface area contributed by atoms with Crippen molar-refractivity contribution >= 4 is 10.8 Å². The fourth-order valence-electron chi connectivity index (χ4n) is 4.05. The van der Waals surface area contributed by atoms with Crippen LogP contribution in [0.3, 0.4) is 0 Å². The lowest BCUT2D eigenvalue weighted by atomic mass is 9.83. The lowest BCUT2D eigenvalue weighted by molar-refractivity contribution is 0.0680. The van der Waals surface area contributed by atoms with Gasteiger partial charge in [0.15, 0.2) is 0 Å². The van der Waals surface area contributed by atoms with Crippen LogP contribution >= 0.6 is 0 Å². The quantitative estimate of drug-likeness (QED) is 0.924. The van der Waals surface area contributed by atoms with Crippen molar-refractivity contribution < 1.29 is 0 Å². The molecule has 2 unspecified atom stereocenters. The number of nitrogens with zero attached hydrogens (tertiary/aromatic N) is 1. The van der Waals surface area contributed by atoms with Gasteiger partial charge in [0.05, 0.1) is 0 Å². The van der Waals surface area contributed by atoms with E-state index in [0.29, 0.717) is 12.1 Å². The first-order chi connectivity index (χ1) is 10.3. The number of rotatable bonds is 3. The summed E-state index contributed by atoms with van der Waals surface area (Å²) in [4.78, 5) is 2.62. The zero-order chi connectivity index (χ0) is 14.2. The molecule has 3 aliphatic rings. The van der Waals surface area contributed by atoms with Crippen LogP contribution in [-0.2, 0) is 0 Å². The molecule has 2 heteroatoms. The maximum atomic E-state index is 3.89. The Morgan fingerprint density at radius 1 is 1.05 bits per heavy atom. The third kappa shape index (κ3) is 2.58. The van der Waals surface area contributed by atoms with E-state index in [0.717, 1.165) is 5.92 Å². The predicted molar refractivity (Wildman–Crippen MR) is 88.5 cm³/mol. The molecule has 0 saturated carbocycles. The number of hydrogen-bond donors (Lipinski definition) is 1. The molecule has 0 spiro atoms. The number of hydrogen-bond acceptors (Lipinski definition) is 2. The first kappa shape index (κ1) is 13.3. The van der Waals surface area contributed by atoms with Crippen LogP contribution in [0.4, 0.5) is 0 Å². The number of nitrogens with one attached hydrogen (secondary N) is 1. The molecular weight excluding hydrogens is 256 g/mol. The first-order valence-corrected chi connectivity index (χ1v) is 8.27. The van der Waals surface area contributed by atoms with Crippen molar-refractivity contribution in [1.29, 1.82) is 0 Å². The van der Waals surface area contributed by atoms with Crippen LogP contribution < -0.4 is 5.32 Å². The van der Waals surface area contributed by atoms with E-state index in [1.54, 1.807) is 0 Å². The highest BCUT2D eigenvalue weighted by Crippen LogP contribution is 2.29. The minimum Gasteiger partial charge on any atom is -0.306 e. The Morgan fingerprint density at radius 3 is 2.52 bits per heavy atom. The van der Waals surface area contributed by atoms with Crippen LogP contribution in [0, 0.1) is 5.92 Å². The van der Waals surface area contributed by atoms with E-state index in [1.807, 2.05) is 0 Å². The Balaban J connectivity index is 1.52. The van der Waals surface area contributed by atoms with Crippen molar-refractivity contribution in [3.05, 3.63) is 48.0 Å². The number of piperidine rings is 3. The summed E-state index contributed by atoms with van der Waals surface area (Å²) in [6.45, 7) is 6.17. The molecule has 2 bridgehead atoms. The Bertz CT molecular complexity index is 628. The first-order valence-electron chi connectivity index (χ1n) is 8.27. The van der Waals surface area contributed by atoms with Crippen LogP contribution in [0.2, 0.25) is 0 Å². The van der Waals surface area contributed by atoms with Crippen molar-refractivity contribution in [2.45, 2.75) is 31.8 Å². The minimum absolute atomic E-state index is 0.431. The van der Waals surface area contributed by atoms with Gasteiger partial charge in [-0.1, -0.05) is 36.4 Å². The average molecular weight is 280 g/mol. The fourth-order valence-corrected chi connectivity index (χ4v) is 4.05. The Morgan fingerprint density at radius 2 is 1.81 bits per heavy atom. The highest BCUT2D eigenvalue weighted by molar-refractivity contribution is 5.83. The molecule has 3 heterocycles. The van der Waals surface area contributed by atoms with Gasteiger partial charge >= 0.3 is 0 Å². The lowest BCUT2D eigenvalue weighted by Gasteiger charge is -2.46. The number of fused-ring (bicyclic) bond motifs is 4. The molecule has 5 rings (SSSR count). The van der Waals surface area contributed by atoms with Gasteiger partial charge in [-0.05, 0) is 61.2 Å². The van der Waals surface area contributed by atoms with Crippen molar-refractivity contribution in [3.63, 3.8) is 0 Å². The third-order valence-corrected chi connectivity index (χ3v) is 5.39. The molecule has 3 aliphatic heterocycles. The summed E-state index contributed by atoms with van der Waals surface area (Å²) in [5.74, 6) is 0.887. The molecule has 110 valence electrons. The molecule has 1 N–H and O–H groups in total. The van der Waals surface area contributed by atoms with Crippen molar-refractivity contribution in [1.82, 2.24) is 10.2 Å². The van der Waals surface area contributed by atoms with Crippen LogP contribution in [-0.4, -0.2) is 30.6 Å². The molecule has 3 saturated heterocycles. The Labute approximate surface area is 127 Å². The van der Waals surface area contributed by atoms with E-state index in [2.05, 4.69) is 59.6 Å². The van der Waals surface area contributed by atoms with E-state index in [4.69, 9.17) is 0 Å². The van der Waals surface area contributed by atoms with Gasteiger partial charge in [-0.15, -0.1) is 0 Å². The highest BCUT2D eigenvalue weighted by atomic mass is 15.2. The van der Waals surface area contributed by atoms with Gasteiger partial charge in [-0.25, -0.2) is 0 Å². The summed E-state index contributed by atoms with van der Waals surface area (Å²) in [5, 5.41) is 6.56. The highest BCUT2D eigenvalue weighted by Gasteiger charge is 2.34. The lowest BCUT2D eigenvalue weighted by Crippen LogP contribution is -2.56. The summed E-state index contributed by atoms with van der Waals surface area (Å²) >= 11 is 0. The van der Waals surface area contributed by atoms with Crippen molar-refractivity contribution in [3.8, 4) is 0 Å². The van der Waals surface area contributed by atoms with Gasteiger partial charge in [0.25, 0.3) is 0 Å². The molecule has 0 aliphatic carbocycles. The van der Waals surface area contributed by atoms with Gasteiger partial charge < -0.3 is 10.2 Å². The molecule has 0 aromatic heterocycles. The maximum Gasteiger partial charge on any atom is 0.0295 e. The van der Waals surface area contributed by atoms with E-state index < -0.39 is 0 Å². The summed E-state index contributed by atoms with van der Waals surface area (Å²) in [6.07, 6.45) is 2.75. The molecule has 0 amide bonds. The van der Waals surface area contributed by atoms with Gasteiger partial charge in [0.2, 0.25) is 0 Å². The van der Waals surface area contributed by atoms with Crippen molar-refractivity contribution in [2.75, 3.05) is 19.6 Å². The monoisotopic (exact) mass is 280 g/mol. The normalized spacial score (nSPS) is 29.7. The number of benzene rings is 2. The van der Waals surface area contributed by atoms with Gasteiger partial charge in [0, 0.05) is 18.6 Å². The molecule has 3 fully saturated rings. The van der Waals surface area contributed by atoms with Crippen LogP contribution in [0.5, 0.6) is 0 Å². The second-order valence-corrected chi connectivity index (χ2v) is 6.74. The zero-order valence-electron chi connectivity index (χ0n) is 12.8. The van der Waals surface area contributed by atoms with Gasteiger partial charge in [-0.3, -0.25) is 0 Å². The second kappa shape index (κ2) is 5.43. The smallest absolute Gasteiger partial charge is 0.0295 e. The molecular formula is C19H24N2. The zero-order valence-corrected chi connectivity index (χ0v) is 12.8. The largest absolute Gasteiger partial charge is 0.306 e. The fraction of sp³-hybridized carbons (Fsp3) is 0.474. The van der Waals surface area contributed by atoms with Gasteiger partial charge in [-0.2, -0.15) is 0 Å². The average Bonchev–Trinajstić information content (AvgIpc) is 2.55. The van der Waals surface area contributed by atoms with E-state index in [1.165, 1.54) is 48.8 Å². The maximum absolute atomic E-state index is 3.89. The summed E-state index contributed by atoms with van der Waals surface area (Å²) < 4.78 is 0. The minimum atomic E-state index is 0.431. The molecule has 2 aromatic rings. The van der Waals surface area contributed by atoms with E-state index in [-0.39, 0.29) is 0 Å². The molecule has 21 heavy (non-hydrogen) atoms. The second-order valence-electron chi connectivity index (χ2n) is 6.74. The molecule has 0 radical (unpaired) electrons. The molecule has 2 atom stereocenters. The Hall–Kier alpha value is -1.38. The Kier molecular flexibility index (Phi) is 3.44. The predicted octanol–water partition coefficient (Wildman–Crippen LogP) is 3.58. The third-order valence-electron chi connectivity index (χ3n) is 5.39. The molecule has 2 nitrogen and oxygen atoms in total. The summed E-state index contributed by atoms with van der Waals surface area (Å²) in [5.41, 5.74) is 1.41. The van der Waals surface area contributed by atoms with Gasteiger partial charge in [0.1, 0.15) is 0 Å².